The number of hydrogen-bond donors (Lipinski definition) is 1. The zero-order valence-electron chi connectivity index (χ0n) is 15.6. The van der Waals surface area contributed by atoms with Crippen molar-refractivity contribution in [3.05, 3.63) is 57.3 Å². The van der Waals surface area contributed by atoms with Gasteiger partial charge >= 0.3 is 0 Å². The molecule has 28 heavy (non-hydrogen) atoms. The second-order valence-electron chi connectivity index (χ2n) is 6.54. The maximum absolute atomic E-state index is 12.7. The summed E-state index contributed by atoms with van der Waals surface area (Å²) in [5, 5.41) is 6.31. The summed E-state index contributed by atoms with van der Waals surface area (Å²) in [7, 11) is 0. The lowest BCUT2D eigenvalue weighted by Gasteiger charge is -2.20. The highest BCUT2D eigenvalue weighted by atomic mass is 35.5. The van der Waals surface area contributed by atoms with Gasteiger partial charge in [0, 0.05) is 29.5 Å². The third-order valence-corrected chi connectivity index (χ3v) is 5.68. The van der Waals surface area contributed by atoms with Crippen LogP contribution in [0.3, 0.4) is 0 Å². The molecule has 1 aromatic carbocycles. The van der Waals surface area contributed by atoms with Crippen LogP contribution in [0.2, 0.25) is 5.02 Å². The van der Waals surface area contributed by atoms with Gasteiger partial charge in [-0.15, -0.1) is 11.3 Å². The van der Waals surface area contributed by atoms with Crippen molar-refractivity contribution in [3.63, 3.8) is 0 Å². The summed E-state index contributed by atoms with van der Waals surface area (Å²) in [5.41, 5.74) is 3.51. The molecular formula is C20H20ClN3O3S. The van der Waals surface area contributed by atoms with E-state index in [2.05, 4.69) is 10.3 Å². The Morgan fingerprint density at radius 1 is 1.29 bits per heavy atom. The molecule has 0 fully saturated rings. The number of aromatic nitrogens is 2. The van der Waals surface area contributed by atoms with Gasteiger partial charge in [-0.25, -0.2) is 4.98 Å². The minimum Gasteiger partial charge on any atom is -0.486 e. The fourth-order valence-corrected chi connectivity index (χ4v) is 4.38. The number of nitrogens with one attached hydrogen (secondary N) is 1. The summed E-state index contributed by atoms with van der Waals surface area (Å²) in [5.74, 6) is 1.15. The Morgan fingerprint density at radius 3 is 2.89 bits per heavy atom. The van der Waals surface area contributed by atoms with Crippen LogP contribution in [0.5, 0.6) is 11.5 Å². The molecule has 0 atom stereocenters. The van der Waals surface area contributed by atoms with E-state index in [4.69, 9.17) is 21.1 Å². The van der Waals surface area contributed by atoms with Gasteiger partial charge in [-0.2, -0.15) is 0 Å². The molecule has 0 spiro atoms. The second kappa shape index (κ2) is 7.85. The van der Waals surface area contributed by atoms with Gasteiger partial charge in [0.1, 0.15) is 13.2 Å². The van der Waals surface area contributed by atoms with E-state index in [1.807, 2.05) is 42.0 Å². The van der Waals surface area contributed by atoms with E-state index in [0.29, 0.717) is 48.3 Å². The van der Waals surface area contributed by atoms with E-state index >= 15 is 0 Å². The predicted molar refractivity (Wildman–Crippen MR) is 109 cm³/mol. The summed E-state index contributed by atoms with van der Waals surface area (Å²) in [4.78, 5) is 17.0. The van der Waals surface area contributed by atoms with Gasteiger partial charge in [0.05, 0.1) is 10.6 Å². The number of carbonyl (C=O) groups excluding carboxylic acids is 1. The first-order valence-electron chi connectivity index (χ1n) is 8.99. The summed E-state index contributed by atoms with van der Waals surface area (Å²) in [6.07, 6.45) is 2.41. The molecule has 1 N–H and O–H groups in total. The number of hydrogen-bond acceptors (Lipinski definition) is 5. The lowest BCUT2D eigenvalue weighted by atomic mass is 10.1. The van der Waals surface area contributed by atoms with Gasteiger partial charge in [-0.3, -0.25) is 9.36 Å². The molecule has 0 bridgehead atoms. The second-order valence-corrected chi connectivity index (χ2v) is 7.82. The SMILES string of the molecule is Cc1cc(C(=O)NCCc2cc(Cl)c3c(c2)OCCO3)c(C)n1-c1nccs1. The molecule has 0 saturated heterocycles. The van der Waals surface area contributed by atoms with Crippen LogP contribution in [-0.4, -0.2) is 35.2 Å². The van der Waals surface area contributed by atoms with E-state index in [1.165, 1.54) is 0 Å². The molecule has 1 amide bonds. The Bertz CT molecular complexity index is 1010. The van der Waals surface area contributed by atoms with E-state index in [0.717, 1.165) is 22.1 Å². The first kappa shape index (κ1) is 18.8. The quantitative estimate of drug-likeness (QED) is 0.682. The van der Waals surface area contributed by atoms with Crippen LogP contribution in [0.25, 0.3) is 5.13 Å². The van der Waals surface area contributed by atoms with Gasteiger partial charge in [0.25, 0.3) is 5.91 Å². The van der Waals surface area contributed by atoms with Crippen molar-refractivity contribution >= 4 is 28.8 Å². The number of fused-ring (bicyclic) bond motifs is 1. The fraction of sp³-hybridized carbons (Fsp3) is 0.300. The summed E-state index contributed by atoms with van der Waals surface area (Å²) < 4.78 is 13.1. The molecule has 0 radical (unpaired) electrons. The molecule has 146 valence electrons. The molecule has 3 aromatic rings. The summed E-state index contributed by atoms with van der Waals surface area (Å²) in [6.45, 7) is 5.42. The molecule has 8 heteroatoms. The van der Waals surface area contributed by atoms with Crippen LogP contribution >= 0.6 is 22.9 Å². The minimum absolute atomic E-state index is 0.0976. The molecule has 6 nitrogen and oxygen atoms in total. The number of nitrogens with zero attached hydrogens (tertiary/aromatic N) is 2. The zero-order valence-corrected chi connectivity index (χ0v) is 17.2. The highest BCUT2D eigenvalue weighted by Gasteiger charge is 2.19. The van der Waals surface area contributed by atoms with Crippen molar-refractivity contribution in [3.8, 4) is 16.6 Å². The third kappa shape index (κ3) is 3.59. The molecule has 0 aliphatic carbocycles. The van der Waals surface area contributed by atoms with Gasteiger partial charge in [0.2, 0.25) is 0 Å². The standard InChI is InChI=1S/C20H20ClN3O3S/c1-12-9-15(13(2)24(12)20-23-5-8-28-20)19(25)22-4-3-14-10-16(21)18-17(11-14)26-6-7-27-18/h5,8-11H,3-4,6-7H2,1-2H3,(H,22,25). The van der Waals surface area contributed by atoms with E-state index in [-0.39, 0.29) is 5.91 Å². The van der Waals surface area contributed by atoms with Crippen LogP contribution < -0.4 is 14.8 Å². The number of amides is 1. The van der Waals surface area contributed by atoms with Crippen molar-refractivity contribution in [2.75, 3.05) is 19.8 Å². The van der Waals surface area contributed by atoms with Crippen molar-refractivity contribution in [1.29, 1.82) is 0 Å². The van der Waals surface area contributed by atoms with Crippen LogP contribution in [0.15, 0.2) is 29.8 Å². The van der Waals surface area contributed by atoms with Gasteiger partial charge in [-0.05, 0) is 44.0 Å². The topological polar surface area (TPSA) is 65.4 Å². The molecule has 0 saturated carbocycles. The number of thiazole rings is 1. The maximum Gasteiger partial charge on any atom is 0.253 e. The molecule has 3 heterocycles. The lowest BCUT2D eigenvalue weighted by Crippen LogP contribution is -2.26. The molecule has 1 aliphatic rings. The largest absolute Gasteiger partial charge is 0.486 e. The average molecular weight is 418 g/mol. The Morgan fingerprint density at radius 2 is 2.11 bits per heavy atom. The number of carbonyl (C=O) groups is 1. The van der Waals surface area contributed by atoms with Crippen LogP contribution in [0.1, 0.15) is 27.3 Å². The smallest absolute Gasteiger partial charge is 0.253 e. The summed E-state index contributed by atoms with van der Waals surface area (Å²) in [6, 6.07) is 5.67. The number of rotatable bonds is 5. The Labute approximate surface area is 172 Å². The van der Waals surface area contributed by atoms with Crippen LogP contribution in [0.4, 0.5) is 0 Å². The van der Waals surface area contributed by atoms with Crippen molar-refractivity contribution < 1.29 is 14.3 Å². The lowest BCUT2D eigenvalue weighted by molar-refractivity contribution is 0.0953. The average Bonchev–Trinajstić information content (AvgIpc) is 3.29. The Hall–Kier alpha value is -2.51. The molecule has 4 rings (SSSR count). The normalized spacial score (nSPS) is 12.8. The highest BCUT2D eigenvalue weighted by molar-refractivity contribution is 7.12. The maximum atomic E-state index is 12.7. The number of benzene rings is 1. The Balaban J connectivity index is 1.43. The monoisotopic (exact) mass is 417 g/mol. The van der Waals surface area contributed by atoms with Gasteiger partial charge in [-0.1, -0.05) is 11.6 Å². The third-order valence-electron chi connectivity index (χ3n) is 4.64. The van der Waals surface area contributed by atoms with E-state index in [1.54, 1.807) is 17.5 Å². The predicted octanol–water partition coefficient (Wildman–Crippen LogP) is 3.95. The molecule has 2 aromatic heterocycles. The number of aryl methyl sites for hydroxylation is 1. The molecular weight excluding hydrogens is 398 g/mol. The van der Waals surface area contributed by atoms with E-state index in [9.17, 15) is 4.79 Å². The van der Waals surface area contributed by atoms with Crippen molar-refractivity contribution in [2.24, 2.45) is 0 Å². The summed E-state index contributed by atoms with van der Waals surface area (Å²) >= 11 is 7.82. The number of ether oxygens (including phenoxy) is 2. The molecule has 1 aliphatic heterocycles. The van der Waals surface area contributed by atoms with Crippen molar-refractivity contribution in [2.45, 2.75) is 20.3 Å². The Kier molecular flexibility index (Phi) is 5.28. The highest BCUT2D eigenvalue weighted by Crippen LogP contribution is 2.38. The van der Waals surface area contributed by atoms with Crippen LogP contribution in [0, 0.1) is 13.8 Å². The first-order chi connectivity index (χ1) is 13.5. The minimum atomic E-state index is -0.0976. The van der Waals surface area contributed by atoms with E-state index < -0.39 is 0 Å². The van der Waals surface area contributed by atoms with Gasteiger partial charge in [0.15, 0.2) is 16.6 Å². The first-order valence-corrected chi connectivity index (χ1v) is 10.3. The number of halogens is 1. The van der Waals surface area contributed by atoms with Crippen LogP contribution in [-0.2, 0) is 6.42 Å². The van der Waals surface area contributed by atoms with Gasteiger partial charge < -0.3 is 14.8 Å². The zero-order chi connectivity index (χ0) is 19.7. The van der Waals surface area contributed by atoms with Crippen molar-refractivity contribution in [1.82, 2.24) is 14.9 Å². The molecule has 0 unspecified atom stereocenters. The fourth-order valence-electron chi connectivity index (χ4n) is 3.34.